The topological polar surface area (TPSA) is 29.3 Å². The smallest absolute Gasteiger partial charge is 0.0243 e. The Kier molecular flexibility index (Phi) is 4.60. The monoisotopic (exact) mass is 212 g/mol. The first-order chi connectivity index (χ1) is 6.94. The first-order valence-electron chi connectivity index (χ1n) is 6.38. The summed E-state index contributed by atoms with van der Waals surface area (Å²) >= 11 is 0. The number of nitrogens with two attached hydrogens (primary N) is 1. The highest BCUT2D eigenvalue weighted by Gasteiger charge is 2.27. The quantitative estimate of drug-likeness (QED) is 0.779. The van der Waals surface area contributed by atoms with E-state index in [1.807, 2.05) is 0 Å². The van der Waals surface area contributed by atoms with Crippen molar-refractivity contribution in [2.75, 3.05) is 19.6 Å². The third kappa shape index (κ3) is 4.12. The van der Waals surface area contributed by atoms with Gasteiger partial charge in [0.1, 0.15) is 0 Å². The van der Waals surface area contributed by atoms with Crippen LogP contribution in [0.4, 0.5) is 0 Å². The predicted molar refractivity (Wildman–Crippen MR) is 66.9 cm³/mol. The van der Waals surface area contributed by atoms with Crippen LogP contribution in [0.5, 0.6) is 0 Å². The van der Waals surface area contributed by atoms with Crippen LogP contribution < -0.4 is 5.73 Å². The third-order valence-corrected chi connectivity index (χ3v) is 3.62. The molecule has 0 saturated carbocycles. The van der Waals surface area contributed by atoms with Gasteiger partial charge in [-0.1, -0.05) is 27.7 Å². The van der Waals surface area contributed by atoms with Crippen molar-refractivity contribution in [1.29, 1.82) is 0 Å². The third-order valence-electron chi connectivity index (χ3n) is 3.62. The van der Waals surface area contributed by atoms with E-state index in [-0.39, 0.29) is 0 Å². The molecule has 90 valence electrons. The highest BCUT2D eigenvalue weighted by molar-refractivity contribution is 4.83. The van der Waals surface area contributed by atoms with Gasteiger partial charge in [-0.25, -0.2) is 0 Å². The minimum Gasteiger partial charge on any atom is -0.329 e. The number of rotatable bonds is 3. The van der Waals surface area contributed by atoms with E-state index in [2.05, 4.69) is 32.6 Å². The molecule has 0 aromatic heterocycles. The maximum Gasteiger partial charge on any atom is 0.0243 e. The number of hydrogen-bond donors (Lipinski definition) is 1. The molecule has 1 fully saturated rings. The molecule has 2 heteroatoms. The Bertz CT molecular complexity index is 183. The summed E-state index contributed by atoms with van der Waals surface area (Å²) in [6, 6.07) is 0.626. The van der Waals surface area contributed by atoms with Gasteiger partial charge in [0.25, 0.3) is 0 Å². The van der Waals surface area contributed by atoms with Gasteiger partial charge in [0.2, 0.25) is 0 Å². The van der Waals surface area contributed by atoms with E-state index in [1.165, 1.54) is 32.4 Å². The van der Waals surface area contributed by atoms with Crippen molar-refractivity contribution in [2.45, 2.75) is 53.0 Å². The molecule has 0 radical (unpaired) electrons. The molecule has 2 unspecified atom stereocenters. The molecular weight excluding hydrogens is 184 g/mol. The van der Waals surface area contributed by atoms with Gasteiger partial charge in [-0.15, -0.1) is 0 Å². The van der Waals surface area contributed by atoms with Crippen LogP contribution >= 0.6 is 0 Å². The van der Waals surface area contributed by atoms with E-state index in [0.29, 0.717) is 11.5 Å². The van der Waals surface area contributed by atoms with Crippen LogP contribution in [0.15, 0.2) is 0 Å². The summed E-state index contributed by atoms with van der Waals surface area (Å²) in [7, 11) is 0. The Morgan fingerprint density at radius 3 is 2.53 bits per heavy atom. The second-order valence-electron chi connectivity index (χ2n) is 6.27. The molecule has 2 nitrogen and oxygen atoms in total. The molecule has 0 spiro atoms. The van der Waals surface area contributed by atoms with Crippen LogP contribution in [-0.2, 0) is 0 Å². The largest absolute Gasteiger partial charge is 0.329 e. The highest BCUT2D eigenvalue weighted by Crippen LogP contribution is 2.25. The van der Waals surface area contributed by atoms with E-state index < -0.39 is 0 Å². The fourth-order valence-corrected chi connectivity index (χ4v) is 2.47. The zero-order valence-corrected chi connectivity index (χ0v) is 10.9. The fraction of sp³-hybridized carbons (Fsp3) is 1.00. The van der Waals surface area contributed by atoms with E-state index >= 15 is 0 Å². The van der Waals surface area contributed by atoms with Crippen molar-refractivity contribution in [1.82, 2.24) is 4.90 Å². The first-order valence-corrected chi connectivity index (χ1v) is 6.38. The Balaban J connectivity index is 2.44. The molecule has 0 aromatic carbocycles. The SMILES string of the molecule is CC1CCCN(CCC(C)(C)C)C1CN. The van der Waals surface area contributed by atoms with E-state index in [1.54, 1.807) is 0 Å². The minimum atomic E-state index is 0.444. The number of nitrogens with zero attached hydrogens (tertiary/aromatic N) is 1. The molecule has 0 aromatic rings. The second kappa shape index (κ2) is 5.31. The van der Waals surface area contributed by atoms with Gasteiger partial charge in [-0.3, -0.25) is 4.90 Å². The van der Waals surface area contributed by atoms with Crippen LogP contribution in [0, 0.1) is 11.3 Å². The van der Waals surface area contributed by atoms with Crippen molar-refractivity contribution in [2.24, 2.45) is 17.1 Å². The summed E-state index contributed by atoms with van der Waals surface area (Å²) in [4.78, 5) is 2.61. The molecule has 2 N–H and O–H groups in total. The van der Waals surface area contributed by atoms with Crippen molar-refractivity contribution < 1.29 is 0 Å². The lowest BCUT2D eigenvalue weighted by Crippen LogP contribution is -2.49. The van der Waals surface area contributed by atoms with Gasteiger partial charge in [0.05, 0.1) is 0 Å². The molecule has 1 rings (SSSR count). The maximum absolute atomic E-state index is 5.88. The lowest BCUT2D eigenvalue weighted by Gasteiger charge is -2.40. The summed E-state index contributed by atoms with van der Waals surface area (Å²) in [6.07, 6.45) is 3.98. The lowest BCUT2D eigenvalue weighted by atomic mass is 9.88. The highest BCUT2D eigenvalue weighted by atomic mass is 15.2. The average molecular weight is 212 g/mol. The van der Waals surface area contributed by atoms with E-state index in [9.17, 15) is 0 Å². The van der Waals surface area contributed by atoms with Crippen LogP contribution in [0.3, 0.4) is 0 Å². The van der Waals surface area contributed by atoms with Gasteiger partial charge >= 0.3 is 0 Å². The normalized spacial score (nSPS) is 29.4. The van der Waals surface area contributed by atoms with Crippen molar-refractivity contribution in [3.05, 3.63) is 0 Å². The van der Waals surface area contributed by atoms with Crippen molar-refractivity contribution >= 4 is 0 Å². The van der Waals surface area contributed by atoms with Gasteiger partial charge in [-0.2, -0.15) is 0 Å². The molecule has 0 aliphatic carbocycles. The van der Waals surface area contributed by atoms with Gasteiger partial charge < -0.3 is 5.73 Å². The summed E-state index contributed by atoms with van der Waals surface area (Å²) in [5.41, 5.74) is 6.33. The van der Waals surface area contributed by atoms with E-state index in [0.717, 1.165) is 12.5 Å². The number of hydrogen-bond acceptors (Lipinski definition) is 2. The minimum absolute atomic E-state index is 0.444. The zero-order valence-electron chi connectivity index (χ0n) is 10.9. The van der Waals surface area contributed by atoms with Crippen molar-refractivity contribution in [3.63, 3.8) is 0 Å². The Morgan fingerprint density at radius 1 is 1.33 bits per heavy atom. The Labute approximate surface area is 95.2 Å². The Hall–Kier alpha value is -0.0800. The van der Waals surface area contributed by atoms with Crippen LogP contribution in [0.1, 0.15) is 47.0 Å². The number of piperidine rings is 1. The zero-order chi connectivity index (χ0) is 11.5. The molecule has 0 amide bonds. The van der Waals surface area contributed by atoms with Crippen LogP contribution in [0.2, 0.25) is 0 Å². The second-order valence-corrected chi connectivity index (χ2v) is 6.27. The summed E-state index contributed by atoms with van der Waals surface area (Å²) in [5, 5.41) is 0. The number of likely N-dealkylation sites (tertiary alicyclic amines) is 1. The fourth-order valence-electron chi connectivity index (χ4n) is 2.47. The Morgan fingerprint density at radius 2 is 2.00 bits per heavy atom. The molecule has 1 aliphatic rings. The molecule has 1 heterocycles. The van der Waals surface area contributed by atoms with Gasteiger partial charge in [-0.05, 0) is 43.7 Å². The molecular formula is C13H28N2. The standard InChI is InChI=1S/C13H28N2/c1-11-6-5-8-15(12(11)10-14)9-7-13(2,3)4/h11-12H,5-10,14H2,1-4H3. The molecule has 0 bridgehead atoms. The molecule has 1 saturated heterocycles. The molecule has 1 aliphatic heterocycles. The van der Waals surface area contributed by atoms with Crippen LogP contribution in [0.25, 0.3) is 0 Å². The maximum atomic E-state index is 5.88. The first kappa shape index (κ1) is 13.0. The van der Waals surface area contributed by atoms with E-state index in [4.69, 9.17) is 5.73 Å². The average Bonchev–Trinajstić information content (AvgIpc) is 2.13. The summed E-state index contributed by atoms with van der Waals surface area (Å²) < 4.78 is 0. The summed E-state index contributed by atoms with van der Waals surface area (Å²) in [5.74, 6) is 0.781. The van der Waals surface area contributed by atoms with Crippen LogP contribution in [-0.4, -0.2) is 30.6 Å². The predicted octanol–water partition coefficient (Wildman–Crippen LogP) is 2.48. The van der Waals surface area contributed by atoms with Crippen molar-refractivity contribution in [3.8, 4) is 0 Å². The lowest BCUT2D eigenvalue weighted by molar-refractivity contribution is 0.0936. The molecule has 15 heavy (non-hydrogen) atoms. The van der Waals surface area contributed by atoms with Gasteiger partial charge in [0, 0.05) is 12.6 Å². The van der Waals surface area contributed by atoms with Gasteiger partial charge in [0.15, 0.2) is 0 Å². The molecule has 2 atom stereocenters. The summed E-state index contributed by atoms with van der Waals surface area (Å²) in [6.45, 7) is 12.6.